The van der Waals surface area contributed by atoms with Crippen LogP contribution in [0.1, 0.15) is 19.4 Å². The van der Waals surface area contributed by atoms with Crippen LogP contribution in [0.15, 0.2) is 48.5 Å². The number of para-hydroxylation sites is 2. The van der Waals surface area contributed by atoms with Crippen molar-refractivity contribution in [3.8, 4) is 5.75 Å². The molecule has 1 heterocycles. The number of nitrogens with one attached hydrogen (secondary N) is 1. The second kappa shape index (κ2) is 7.43. The highest BCUT2D eigenvalue weighted by Gasteiger charge is 2.35. The SMILES string of the molecule is CC(C)(CNC(=O)C1CN(S(C)(=O)=O)c2ccccc2O1)c1ccccc1F. The van der Waals surface area contributed by atoms with E-state index in [0.29, 0.717) is 17.0 Å². The zero-order chi connectivity index (χ0) is 20.5. The van der Waals surface area contributed by atoms with Gasteiger partial charge in [0.1, 0.15) is 11.6 Å². The van der Waals surface area contributed by atoms with Crippen molar-refractivity contribution >= 4 is 21.6 Å². The number of hydrogen-bond donors (Lipinski definition) is 1. The van der Waals surface area contributed by atoms with Crippen molar-refractivity contribution in [2.45, 2.75) is 25.4 Å². The van der Waals surface area contributed by atoms with Crippen LogP contribution in [0.4, 0.5) is 10.1 Å². The standard InChI is InChI=1S/C20H23FN2O4S/c1-20(2,14-8-4-5-9-15(14)21)13-22-19(24)18-12-23(28(3,25)26)16-10-6-7-11-17(16)27-18/h4-11,18H,12-13H2,1-3H3,(H,22,24). The Hall–Kier alpha value is -2.61. The molecule has 0 aliphatic carbocycles. The topological polar surface area (TPSA) is 75.7 Å². The summed E-state index contributed by atoms with van der Waals surface area (Å²) in [5.74, 6) is -0.465. The number of fused-ring (bicyclic) bond motifs is 1. The van der Waals surface area contributed by atoms with Gasteiger partial charge in [0.15, 0.2) is 6.10 Å². The summed E-state index contributed by atoms with van der Waals surface area (Å²) < 4.78 is 45.3. The van der Waals surface area contributed by atoms with E-state index < -0.39 is 27.4 Å². The van der Waals surface area contributed by atoms with Crippen LogP contribution in [-0.4, -0.2) is 39.8 Å². The van der Waals surface area contributed by atoms with Gasteiger partial charge in [-0.05, 0) is 23.8 Å². The fourth-order valence-electron chi connectivity index (χ4n) is 3.18. The number of benzene rings is 2. The largest absolute Gasteiger partial charge is 0.476 e. The molecule has 0 spiro atoms. The third kappa shape index (κ3) is 4.11. The molecule has 1 atom stereocenters. The number of carbonyl (C=O) groups is 1. The highest BCUT2D eigenvalue weighted by molar-refractivity contribution is 7.92. The zero-order valence-corrected chi connectivity index (χ0v) is 16.8. The van der Waals surface area contributed by atoms with E-state index in [0.717, 1.165) is 10.6 Å². The number of amides is 1. The number of hydrogen-bond acceptors (Lipinski definition) is 4. The lowest BCUT2D eigenvalue weighted by atomic mass is 9.84. The number of sulfonamides is 1. The van der Waals surface area contributed by atoms with Crippen LogP contribution in [0, 0.1) is 5.82 Å². The van der Waals surface area contributed by atoms with E-state index in [9.17, 15) is 17.6 Å². The Kier molecular flexibility index (Phi) is 5.34. The van der Waals surface area contributed by atoms with Crippen molar-refractivity contribution < 1.29 is 22.3 Å². The van der Waals surface area contributed by atoms with Crippen LogP contribution in [0.3, 0.4) is 0 Å². The van der Waals surface area contributed by atoms with Crippen molar-refractivity contribution in [3.05, 3.63) is 59.9 Å². The molecule has 0 radical (unpaired) electrons. The van der Waals surface area contributed by atoms with Gasteiger partial charge >= 0.3 is 0 Å². The van der Waals surface area contributed by atoms with Gasteiger partial charge in [0.05, 0.1) is 18.5 Å². The third-order valence-electron chi connectivity index (χ3n) is 4.74. The first-order chi connectivity index (χ1) is 13.1. The van der Waals surface area contributed by atoms with Gasteiger partial charge in [0.2, 0.25) is 10.0 Å². The van der Waals surface area contributed by atoms with Gasteiger partial charge in [-0.2, -0.15) is 0 Å². The first kappa shape index (κ1) is 20.1. The number of nitrogens with zero attached hydrogens (tertiary/aromatic N) is 1. The van der Waals surface area contributed by atoms with Crippen molar-refractivity contribution in [1.82, 2.24) is 5.32 Å². The number of rotatable bonds is 5. The second-order valence-corrected chi connectivity index (χ2v) is 9.36. The van der Waals surface area contributed by atoms with Gasteiger partial charge in [-0.3, -0.25) is 9.10 Å². The predicted octanol–water partition coefficient (Wildman–Crippen LogP) is 2.45. The summed E-state index contributed by atoms with van der Waals surface area (Å²) in [6.07, 6.45) is 0.0896. The number of ether oxygens (including phenoxy) is 1. The minimum Gasteiger partial charge on any atom is -0.476 e. The fourth-order valence-corrected chi connectivity index (χ4v) is 4.09. The Labute approximate surface area is 164 Å². The minimum atomic E-state index is -3.57. The normalized spacial score (nSPS) is 16.9. The van der Waals surface area contributed by atoms with Crippen LogP contribution >= 0.6 is 0 Å². The molecule has 0 saturated carbocycles. The molecule has 3 rings (SSSR count). The summed E-state index contributed by atoms with van der Waals surface area (Å²) in [6.45, 7) is 3.70. The monoisotopic (exact) mass is 406 g/mol. The molecule has 1 unspecified atom stereocenters. The smallest absolute Gasteiger partial charge is 0.263 e. The molecule has 1 amide bonds. The first-order valence-electron chi connectivity index (χ1n) is 8.86. The van der Waals surface area contributed by atoms with E-state index >= 15 is 0 Å². The molecule has 8 heteroatoms. The van der Waals surface area contributed by atoms with Crippen LogP contribution in [0.2, 0.25) is 0 Å². The van der Waals surface area contributed by atoms with Gasteiger partial charge in [-0.25, -0.2) is 12.8 Å². The van der Waals surface area contributed by atoms with E-state index in [1.165, 1.54) is 6.07 Å². The Morgan fingerprint density at radius 2 is 1.86 bits per heavy atom. The highest BCUT2D eigenvalue weighted by atomic mass is 32.2. The average Bonchev–Trinajstić information content (AvgIpc) is 2.64. The van der Waals surface area contributed by atoms with Gasteiger partial charge in [-0.15, -0.1) is 0 Å². The Morgan fingerprint density at radius 3 is 2.54 bits per heavy atom. The van der Waals surface area contributed by atoms with Crippen LogP contribution in [0.5, 0.6) is 5.75 Å². The van der Waals surface area contributed by atoms with E-state index in [1.807, 2.05) is 13.8 Å². The van der Waals surface area contributed by atoms with E-state index in [1.54, 1.807) is 42.5 Å². The molecule has 1 N–H and O–H groups in total. The van der Waals surface area contributed by atoms with E-state index in [4.69, 9.17) is 4.74 Å². The molecule has 0 fully saturated rings. The second-order valence-electron chi connectivity index (χ2n) is 7.45. The molecule has 28 heavy (non-hydrogen) atoms. The molecule has 6 nitrogen and oxygen atoms in total. The maximum absolute atomic E-state index is 14.1. The maximum Gasteiger partial charge on any atom is 0.263 e. The lowest BCUT2D eigenvalue weighted by molar-refractivity contribution is -0.128. The number of carbonyl (C=O) groups excluding carboxylic acids is 1. The van der Waals surface area contributed by atoms with E-state index in [-0.39, 0.29) is 18.9 Å². The van der Waals surface area contributed by atoms with Crippen molar-refractivity contribution in [1.29, 1.82) is 0 Å². The third-order valence-corrected chi connectivity index (χ3v) is 5.88. The molecule has 1 aliphatic heterocycles. The Morgan fingerprint density at radius 1 is 1.21 bits per heavy atom. The maximum atomic E-state index is 14.1. The van der Waals surface area contributed by atoms with Crippen LogP contribution in [-0.2, 0) is 20.2 Å². The lowest BCUT2D eigenvalue weighted by Gasteiger charge is -2.34. The van der Waals surface area contributed by atoms with Crippen molar-refractivity contribution in [2.75, 3.05) is 23.7 Å². The molecular formula is C20H23FN2O4S. The zero-order valence-electron chi connectivity index (χ0n) is 16.0. The summed E-state index contributed by atoms with van der Waals surface area (Å²) >= 11 is 0. The Balaban J connectivity index is 1.76. The molecule has 0 saturated heterocycles. The summed E-state index contributed by atoms with van der Waals surface area (Å²) in [4.78, 5) is 12.7. The number of halogens is 1. The molecule has 0 aromatic heterocycles. The van der Waals surface area contributed by atoms with Crippen LogP contribution < -0.4 is 14.4 Å². The predicted molar refractivity (Wildman–Crippen MR) is 105 cm³/mol. The summed E-state index contributed by atoms with van der Waals surface area (Å²) in [5.41, 5.74) is 0.244. The van der Waals surface area contributed by atoms with Crippen molar-refractivity contribution in [2.24, 2.45) is 0 Å². The lowest BCUT2D eigenvalue weighted by Crippen LogP contribution is -2.52. The van der Waals surface area contributed by atoms with Gasteiger partial charge in [0.25, 0.3) is 5.91 Å². The molecule has 2 aromatic rings. The summed E-state index contributed by atoms with van der Waals surface area (Å²) in [5, 5.41) is 2.77. The number of anilines is 1. The average molecular weight is 406 g/mol. The molecule has 0 bridgehead atoms. The first-order valence-corrected chi connectivity index (χ1v) is 10.7. The van der Waals surface area contributed by atoms with E-state index in [2.05, 4.69) is 5.32 Å². The fraction of sp³-hybridized carbons (Fsp3) is 0.350. The Bertz CT molecular complexity index is 991. The summed E-state index contributed by atoms with van der Waals surface area (Å²) in [6, 6.07) is 13.1. The molecular weight excluding hydrogens is 383 g/mol. The molecule has 1 aliphatic rings. The summed E-state index contributed by atoms with van der Waals surface area (Å²) in [7, 11) is -3.57. The molecule has 150 valence electrons. The van der Waals surface area contributed by atoms with Gasteiger partial charge in [-0.1, -0.05) is 44.2 Å². The van der Waals surface area contributed by atoms with Crippen molar-refractivity contribution in [3.63, 3.8) is 0 Å². The minimum absolute atomic E-state index is 0.123. The molecule has 2 aromatic carbocycles. The highest BCUT2D eigenvalue weighted by Crippen LogP contribution is 2.34. The quantitative estimate of drug-likeness (QED) is 0.828. The van der Waals surface area contributed by atoms with Gasteiger partial charge < -0.3 is 10.1 Å². The van der Waals surface area contributed by atoms with Crippen LogP contribution in [0.25, 0.3) is 0 Å². The van der Waals surface area contributed by atoms with Gasteiger partial charge in [0, 0.05) is 12.0 Å².